The zero-order chi connectivity index (χ0) is 4.57. The van der Waals surface area contributed by atoms with Crippen LogP contribution in [0.2, 0.25) is 0 Å². The van der Waals surface area contributed by atoms with Gasteiger partial charge in [-0.1, -0.05) is 0 Å². The van der Waals surface area contributed by atoms with Gasteiger partial charge >= 0.3 is 0 Å². The van der Waals surface area contributed by atoms with E-state index in [0.29, 0.717) is 0 Å². The summed E-state index contributed by atoms with van der Waals surface area (Å²) in [6.07, 6.45) is 0. The van der Waals surface area contributed by atoms with Gasteiger partial charge < -0.3 is 4.90 Å². The molecule has 0 aliphatic carbocycles. The molecule has 1 aliphatic heterocycles. The fourth-order valence-electron chi connectivity index (χ4n) is 0.699. The van der Waals surface area contributed by atoms with Gasteiger partial charge in [0.05, 0.1) is 0 Å². The lowest BCUT2D eigenvalue weighted by Gasteiger charge is -2.31. The van der Waals surface area contributed by atoms with E-state index in [9.17, 15) is 0 Å². The Labute approximate surface area is 37.9 Å². The molecule has 0 spiro atoms. The molecule has 1 radical (unpaired) electrons. The van der Waals surface area contributed by atoms with Crippen LogP contribution in [0.1, 0.15) is 0 Å². The zero-order valence-corrected chi connectivity index (χ0v) is 3.94. The van der Waals surface area contributed by atoms with Crippen molar-refractivity contribution in [1.29, 1.82) is 0 Å². The number of hydrogen-bond donors (Lipinski definition) is 0. The Kier molecular flexibility index (Phi) is 0.821. The highest BCUT2D eigenvalue weighted by Gasteiger charge is 2.18. The Bertz CT molecular complexity index is 41.5. The minimum absolute atomic E-state index is 0.218. The molecule has 1 N–H and O–H groups in total. The van der Waals surface area contributed by atoms with Crippen LogP contribution >= 0.6 is 0 Å². The quantitative estimate of drug-likeness (QED) is 0.392. The molecule has 2 nitrogen and oxygen atoms in total. The molecule has 0 saturated carbocycles. The number of nitrogens with one attached hydrogen (secondary N) is 1. The van der Waals surface area contributed by atoms with Crippen LogP contribution in [-0.4, -0.2) is 31.1 Å². The van der Waals surface area contributed by atoms with Crippen LogP contribution in [0.25, 0.3) is 0 Å². The molecule has 0 atom stereocenters. The van der Waals surface area contributed by atoms with Gasteiger partial charge in [-0.3, -0.25) is 5.73 Å². The third-order valence-corrected chi connectivity index (χ3v) is 1.06. The van der Waals surface area contributed by atoms with Crippen LogP contribution in [0.15, 0.2) is 0 Å². The number of likely N-dealkylation sites (tertiary alicyclic amines) is 1. The molecule has 0 amide bonds. The van der Waals surface area contributed by atoms with Crippen molar-refractivity contribution in [2.24, 2.45) is 0 Å². The van der Waals surface area contributed by atoms with Crippen molar-refractivity contribution in [1.82, 2.24) is 10.6 Å². The Morgan fingerprint density at radius 1 is 1.67 bits per heavy atom. The van der Waals surface area contributed by atoms with E-state index in [2.05, 4.69) is 4.90 Å². The summed E-state index contributed by atoms with van der Waals surface area (Å²) in [7, 11) is 2.03. The van der Waals surface area contributed by atoms with Crippen LogP contribution in [0.3, 0.4) is 0 Å². The minimum atomic E-state index is 0.218. The maximum atomic E-state index is 7.00. The van der Waals surface area contributed by atoms with Gasteiger partial charge in [-0.2, -0.15) is 0 Å². The molecule has 0 bridgehead atoms. The molecule has 1 saturated heterocycles. The molecule has 1 rings (SSSR count). The monoisotopic (exact) mass is 85.1 g/mol. The standard InChI is InChI=1S/C4H9N2/c1-6-2-4(5)3-6/h4-5H,2-3H2,1H3. The van der Waals surface area contributed by atoms with Crippen molar-refractivity contribution in [2.45, 2.75) is 6.04 Å². The van der Waals surface area contributed by atoms with E-state index in [1.54, 1.807) is 0 Å². The Morgan fingerprint density at radius 3 is 2.17 bits per heavy atom. The molecule has 1 aliphatic rings. The van der Waals surface area contributed by atoms with Gasteiger partial charge in [-0.25, -0.2) is 0 Å². The van der Waals surface area contributed by atoms with Crippen molar-refractivity contribution < 1.29 is 0 Å². The van der Waals surface area contributed by atoms with E-state index in [4.69, 9.17) is 5.73 Å². The maximum absolute atomic E-state index is 7.00. The normalized spacial score (nSPS) is 27.0. The highest BCUT2D eigenvalue weighted by molar-refractivity contribution is 4.78. The van der Waals surface area contributed by atoms with E-state index < -0.39 is 0 Å². The fourth-order valence-corrected chi connectivity index (χ4v) is 0.699. The second-order valence-corrected chi connectivity index (χ2v) is 1.92. The molecule has 6 heavy (non-hydrogen) atoms. The largest absolute Gasteiger partial charge is 0.303 e. The molecule has 1 heterocycles. The Morgan fingerprint density at radius 2 is 2.17 bits per heavy atom. The first kappa shape index (κ1) is 4.09. The third kappa shape index (κ3) is 0.533. The average molecular weight is 85.1 g/mol. The Hall–Kier alpha value is -0.0800. The number of likely N-dealkylation sites (N-methyl/N-ethyl adjacent to an activating group) is 1. The van der Waals surface area contributed by atoms with Crippen molar-refractivity contribution in [2.75, 3.05) is 20.1 Å². The van der Waals surface area contributed by atoms with Gasteiger partial charge in [-0.05, 0) is 7.05 Å². The summed E-state index contributed by atoms with van der Waals surface area (Å²) < 4.78 is 0. The van der Waals surface area contributed by atoms with Crippen LogP contribution in [-0.2, 0) is 0 Å². The van der Waals surface area contributed by atoms with Crippen LogP contribution in [0, 0.1) is 0 Å². The number of hydrogen-bond acceptors (Lipinski definition) is 1. The molecule has 0 aromatic carbocycles. The molecule has 0 aromatic rings. The summed E-state index contributed by atoms with van der Waals surface area (Å²) in [5.74, 6) is 0. The first-order chi connectivity index (χ1) is 2.79. The summed E-state index contributed by atoms with van der Waals surface area (Å²) in [6.45, 7) is 1.94. The first-order valence-electron chi connectivity index (χ1n) is 2.18. The van der Waals surface area contributed by atoms with Crippen molar-refractivity contribution >= 4 is 0 Å². The van der Waals surface area contributed by atoms with Crippen LogP contribution < -0.4 is 5.73 Å². The zero-order valence-electron chi connectivity index (χ0n) is 3.94. The molecule has 35 valence electrons. The lowest BCUT2D eigenvalue weighted by atomic mass is 10.2. The first-order valence-corrected chi connectivity index (χ1v) is 2.18. The highest BCUT2D eigenvalue weighted by atomic mass is 15.2. The molecule has 0 aromatic heterocycles. The maximum Gasteiger partial charge on any atom is 0.0467 e. The van der Waals surface area contributed by atoms with Crippen molar-refractivity contribution in [3.8, 4) is 0 Å². The van der Waals surface area contributed by atoms with Gasteiger partial charge in [0.25, 0.3) is 0 Å². The van der Waals surface area contributed by atoms with Crippen molar-refractivity contribution in [3.05, 3.63) is 0 Å². The van der Waals surface area contributed by atoms with Crippen LogP contribution in [0.5, 0.6) is 0 Å². The second kappa shape index (κ2) is 1.21. The van der Waals surface area contributed by atoms with E-state index >= 15 is 0 Å². The third-order valence-electron chi connectivity index (χ3n) is 1.06. The van der Waals surface area contributed by atoms with Gasteiger partial charge in [0.1, 0.15) is 0 Å². The van der Waals surface area contributed by atoms with Gasteiger partial charge in [-0.15, -0.1) is 0 Å². The van der Waals surface area contributed by atoms with E-state index in [0.717, 1.165) is 13.1 Å². The summed E-state index contributed by atoms with van der Waals surface area (Å²) in [5, 5.41) is 0. The lowest BCUT2D eigenvalue weighted by Crippen LogP contribution is -2.48. The van der Waals surface area contributed by atoms with E-state index in [1.165, 1.54) is 0 Å². The predicted octanol–water partition coefficient (Wildman–Crippen LogP) is -0.417. The highest BCUT2D eigenvalue weighted by Crippen LogP contribution is 1.99. The minimum Gasteiger partial charge on any atom is -0.303 e. The van der Waals surface area contributed by atoms with Gasteiger partial charge in [0.15, 0.2) is 0 Å². The lowest BCUT2D eigenvalue weighted by molar-refractivity contribution is 0.187. The number of rotatable bonds is 0. The molecule has 1 fully saturated rings. The van der Waals surface area contributed by atoms with E-state index in [1.807, 2.05) is 7.05 Å². The summed E-state index contributed by atoms with van der Waals surface area (Å²) in [5.41, 5.74) is 7.00. The number of nitrogens with zero attached hydrogens (tertiary/aromatic N) is 1. The van der Waals surface area contributed by atoms with Gasteiger partial charge in [0, 0.05) is 19.1 Å². The SMILES string of the molecule is CN1CC([NH])C1. The summed E-state index contributed by atoms with van der Waals surface area (Å²) in [4.78, 5) is 2.14. The molecular formula is C4H9N2. The fraction of sp³-hybridized carbons (Fsp3) is 1.00. The topological polar surface area (TPSA) is 27.0 Å². The van der Waals surface area contributed by atoms with Crippen molar-refractivity contribution in [3.63, 3.8) is 0 Å². The van der Waals surface area contributed by atoms with E-state index in [-0.39, 0.29) is 6.04 Å². The summed E-state index contributed by atoms with van der Waals surface area (Å²) >= 11 is 0. The Balaban J connectivity index is 2.11. The van der Waals surface area contributed by atoms with Gasteiger partial charge in [0.2, 0.25) is 0 Å². The second-order valence-electron chi connectivity index (χ2n) is 1.92. The summed E-state index contributed by atoms with van der Waals surface area (Å²) in [6, 6.07) is 0.218. The smallest absolute Gasteiger partial charge is 0.0467 e. The van der Waals surface area contributed by atoms with Crippen LogP contribution in [0.4, 0.5) is 0 Å². The molecule has 0 unspecified atom stereocenters. The molecular weight excluding hydrogens is 76.1 g/mol. The average Bonchev–Trinajstić information content (AvgIpc) is 1.33. The predicted molar refractivity (Wildman–Crippen MR) is 24.4 cm³/mol. The molecule has 2 heteroatoms.